The van der Waals surface area contributed by atoms with Gasteiger partial charge in [-0.25, -0.2) is 0 Å². The molecule has 0 fully saturated rings. The van der Waals surface area contributed by atoms with Gasteiger partial charge in [0, 0.05) is 0 Å². The van der Waals surface area contributed by atoms with E-state index in [1.54, 1.807) is 0 Å². The maximum Gasteiger partial charge on any atom is -0.00992 e. The fraction of sp³-hybridized carbons (Fsp3) is 0.111. The summed E-state index contributed by atoms with van der Waals surface area (Å²) in [4.78, 5) is 0. The third kappa shape index (κ3) is 2.28. The molecule has 0 saturated heterocycles. The minimum atomic E-state index is 1.15. The predicted octanol–water partition coefficient (Wildman–Crippen LogP) is 5.31. The predicted molar refractivity (Wildman–Crippen MR) is 80.5 cm³/mol. The highest BCUT2D eigenvalue weighted by Crippen LogP contribution is 2.42. The molecule has 2 aromatic rings. The van der Waals surface area contributed by atoms with Crippen LogP contribution in [0.25, 0.3) is 16.7 Å². The molecule has 3 rings (SSSR count). The molecule has 0 N–H and O–H groups in total. The Kier molecular flexibility index (Phi) is 3.47. The first-order valence-electron chi connectivity index (χ1n) is 6.11. The zero-order valence-corrected chi connectivity index (χ0v) is 11.0. The van der Waals surface area contributed by atoms with Crippen molar-refractivity contribution in [1.29, 1.82) is 0 Å². The van der Waals surface area contributed by atoms with Crippen molar-refractivity contribution in [2.75, 3.05) is 0 Å². The van der Waals surface area contributed by atoms with Gasteiger partial charge in [0.1, 0.15) is 0 Å². The summed E-state index contributed by atoms with van der Waals surface area (Å²) >= 11 is 0. The van der Waals surface area contributed by atoms with Gasteiger partial charge in [-0.3, -0.25) is 0 Å². The normalized spacial score (nSPS) is 11.1. The molecule has 0 amide bonds. The van der Waals surface area contributed by atoms with E-state index in [1.165, 1.54) is 27.8 Å². The zero-order chi connectivity index (χ0) is 13.1. The molecule has 0 unspecified atom stereocenters. The van der Waals surface area contributed by atoms with E-state index >= 15 is 0 Å². The SMILES string of the molecule is C=C(C)C.C=C1c2ccccc2-c2ccccc21. The average molecular weight is 234 g/mol. The Morgan fingerprint density at radius 1 is 0.722 bits per heavy atom. The van der Waals surface area contributed by atoms with Gasteiger partial charge in [-0.1, -0.05) is 60.7 Å². The molecule has 0 heteroatoms. The number of hydrogen-bond acceptors (Lipinski definition) is 0. The molecular weight excluding hydrogens is 216 g/mol. The van der Waals surface area contributed by atoms with Crippen molar-refractivity contribution < 1.29 is 0 Å². The minimum Gasteiger partial charge on any atom is -0.100 e. The van der Waals surface area contributed by atoms with E-state index in [0.717, 1.165) is 5.57 Å². The lowest BCUT2D eigenvalue weighted by Gasteiger charge is -1.97. The summed E-state index contributed by atoms with van der Waals surface area (Å²) in [5.74, 6) is 0. The Hall–Kier alpha value is -2.08. The first-order valence-corrected chi connectivity index (χ1v) is 6.11. The molecule has 0 spiro atoms. The summed E-state index contributed by atoms with van der Waals surface area (Å²) in [5, 5.41) is 0. The number of fused-ring (bicyclic) bond motifs is 3. The van der Waals surface area contributed by atoms with Crippen LogP contribution >= 0.6 is 0 Å². The van der Waals surface area contributed by atoms with Crippen molar-refractivity contribution >= 4 is 5.57 Å². The van der Waals surface area contributed by atoms with E-state index in [1.807, 2.05) is 13.8 Å². The summed E-state index contributed by atoms with van der Waals surface area (Å²) in [6.45, 7) is 11.6. The van der Waals surface area contributed by atoms with Crippen LogP contribution in [0.2, 0.25) is 0 Å². The van der Waals surface area contributed by atoms with Gasteiger partial charge >= 0.3 is 0 Å². The fourth-order valence-electron chi connectivity index (χ4n) is 2.11. The van der Waals surface area contributed by atoms with Crippen LogP contribution in [0.5, 0.6) is 0 Å². The molecule has 0 heterocycles. The second kappa shape index (κ2) is 5.05. The Balaban J connectivity index is 0.000000267. The molecule has 0 atom stereocenters. The monoisotopic (exact) mass is 234 g/mol. The molecule has 0 aromatic heterocycles. The Labute approximate surface area is 109 Å². The van der Waals surface area contributed by atoms with E-state index in [2.05, 4.69) is 61.7 Å². The standard InChI is InChI=1S/C14H10.C4H8/c1-10-11-6-2-4-8-13(11)14-9-5-3-7-12(10)14;1-4(2)3/h2-9H,1H2;1H2,2-3H3. The molecule has 90 valence electrons. The highest BCUT2D eigenvalue weighted by Gasteiger charge is 2.19. The number of rotatable bonds is 0. The van der Waals surface area contributed by atoms with Crippen LogP contribution in [-0.2, 0) is 0 Å². The highest BCUT2D eigenvalue weighted by molar-refractivity contribution is 6.00. The smallest absolute Gasteiger partial charge is 0.00992 e. The third-order valence-electron chi connectivity index (χ3n) is 2.79. The van der Waals surface area contributed by atoms with Gasteiger partial charge in [-0.05, 0) is 41.7 Å². The molecule has 2 aromatic carbocycles. The minimum absolute atomic E-state index is 1.15. The molecule has 18 heavy (non-hydrogen) atoms. The van der Waals surface area contributed by atoms with E-state index in [4.69, 9.17) is 0 Å². The van der Waals surface area contributed by atoms with Gasteiger partial charge < -0.3 is 0 Å². The largest absolute Gasteiger partial charge is 0.100 e. The van der Waals surface area contributed by atoms with Crippen molar-refractivity contribution in [2.45, 2.75) is 13.8 Å². The Morgan fingerprint density at radius 3 is 1.33 bits per heavy atom. The van der Waals surface area contributed by atoms with Gasteiger partial charge in [-0.15, -0.1) is 6.58 Å². The Morgan fingerprint density at radius 2 is 1.00 bits per heavy atom. The van der Waals surface area contributed by atoms with Crippen molar-refractivity contribution in [3.63, 3.8) is 0 Å². The number of benzene rings is 2. The van der Waals surface area contributed by atoms with E-state index < -0.39 is 0 Å². The molecule has 0 bridgehead atoms. The second-order valence-electron chi connectivity index (χ2n) is 4.78. The summed E-state index contributed by atoms with van der Waals surface area (Å²) in [7, 11) is 0. The maximum atomic E-state index is 4.14. The molecule has 0 aliphatic heterocycles. The molecule has 0 nitrogen and oxygen atoms in total. The molecule has 0 saturated carbocycles. The van der Waals surface area contributed by atoms with Crippen molar-refractivity contribution in [2.24, 2.45) is 0 Å². The van der Waals surface area contributed by atoms with Gasteiger partial charge in [0.2, 0.25) is 0 Å². The first kappa shape index (κ1) is 12.4. The number of hydrogen-bond donors (Lipinski definition) is 0. The summed E-state index contributed by atoms with van der Waals surface area (Å²) < 4.78 is 0. The first-order chi connectivity index (χ1) is 8.61. The van der Waals surface area contributed by atoms with Crippen LogP contribution in [0.4, 0.5) is 0 Å². The average Bonchev–Trinajstić information content (AvgIpc) is 2.64. The topological polar surface area (TPSA) is 0 Å². The van der Waals surface area contributed by atoms with E-state index in [9.17, 15) is 0 Å². The summed E-state index contributed by atoms with van der Waals surface area (Å²) in [6.07, 6.45) is 0. The van der Waals surface area contributed by atoms with E-state index in [-0.39, 0.29) is 0 Å². The Bertz CT molecular complexity index is 551. The highest BCUT2D eigenvalue weighted by atomic mass is 14.2. The van der Waals surface area contributed by atoms with Crippen LogP contribution in [0, 0.1) is 0 Å². The second-order valence-corrected chi connectivity index (χ2v) is 4.78. The lowest BCUT2D eigenvalue weighted by atomic mass is 10.1. The van der Waals surface area contributed by atoms with Crippen LogP contribution < -0.4 is 0 Å². The van der Waals surface area contributed by atoms with Crippen LogP contribution in [0.1, 0.15) is 25.0 Å². The summed E-state index contributed by atoms with van der Waals surface area (Å²) in [5.41, 5.74) is 7.49. The fourth-order valence-corrected chi connectivity index (χ4v) is 2.11. The lowest BCUT2D eigenvalue weighted by molar-refractivity contribution is 1.42. The van der Waals surface area contributed by atoms with Crippen molar-refractivity contribution in [3.05, 3.63) is 78.4 Å². The third-order valence-corrected chi connectivity index (χ3v) is 2.79. The number of allylic oxidation sites excluding steroid dienone is 1. The van der Waals surface area contributed by atoms with Gasteiger partial charge in [0.05, 0.1) is 0 Å². The van der Waals surface area contributed by atoms with Crippen molar-refractivity contribution in [3.8, 4) is 11.1 Å². The lowest BCUT2D eigenvalue weighted by Crippen LogP contribution is -1.75. The van der Waals surface area contributed by atoms with Gasteiger partial charge in [0.25, 0.3) is 0 Å². The maximum absolute atomic E-state index is 4.14. The van der Waals surface area contributed by atoms with Crippen LogP contribution in [-0.4, -0.2) is 0 Å². The molecule has 0 radical (unpaired) electrons. The summed E-state index contributed by atoms with van der Waals surface area (Å²) in [6, 6.07) is 16.9. The molecular formula is C18H18. The zero-order valence-electron chi connectivity index (χ0n) is 11.0. The van der Waals surface area contributed by atoms with Crippen LogP contribution in [0.3, 0.4) is 0 Å². The molecule has 1 aliphatic rings. The van der Waals surface area contributed by atoms with Gasteiger partial charge in [0.15, 0.2) is 0 Å². The quantitative estimate of drug-likeness (QED) is 0.462. The van der Waals surface area contributed by atoms with Crippen LogP contribution in [0.15, 0.2) is 67.3 Å². The molecule has 1 aliphatic carbocycles. The van der Waals surface area contributed by atoms with Gasteiger partial charge in [-0.2, -0.15) is 0 Å². The van der Waals surface area contributed by atoms with Crippen molar-refractivity contribution in [1.82, 2.24) is 0 Å². The van der Waals surface area contributed by atoms with E-state index in [0.29, 0.717) is 0 Å².